The number of amides is 1. The van der Waals surface area contributed by atoms with Crippen LogP contribution in [0.5, 0.6) is 5.75 Å². The number of carbonyl (C=O) groups is 1. The first kappa shape index (κ1) is 24.9. The van der Waals surface area contributed by atoms with Crippen LogP contribution in [0.3, 0.4) is 0 Å². The molecule has 1 amide bonds. The molecule has 0 aromatic carbocycles. The summed E-state index contributed by atoms with van der Waals surface area (Å²) >= 11 is 2.15. The topological polar surface area (TPSA) is 59.7 Å². The van der Waals surface area contributed by atoms with Crippen molar-refractivity contribution in [3.05, 3.63) is 58.8 Å². The molecule has 7 heteroatoms. The zero-order chi connectivity index (χ0) is 24.2. The van der Waals surface area contributed by atoms with Crippen molar-refractivity contribution >= 4 is 34.1 Å². The van der Waals surface area contributed by atoms with Crippen LogP contribution in [-0.4, -0.2) is 49.3 Å². The predicted octanol–water partition coefficient (Wildman–Crippen LogP) is 5.73. The van der Waals surface area contributed by atoms with Gasteiger partial charge in [-0.1, -0.05) is 22.6 Å². The molecule has 0 N–H and O–H groups in total. The molecule has 5 rings (SSSR count). The Kier molecular flexibility index (Phi) is 8.11. The van der Waals surface area contributed by atoms with Crippen molar-refractivity contribution in [2.24, 2.45) is 5.92 Å². The summed E-state index contributed by atoms with van der Waals surface area (Å²) in [4.78, 5) is 27.2. The molecule has 0 radical (unpaired) electrons. The van der Waals surface area contributed by atoms with Crippen LogP contribution < -0.4 is 4.74 Å². The number of piperidine rings is 1. The highest BCUT2D eigenvalue weighted by atomic mass is 127. The van der Waals surface area contributed by atoms with Gasteiger partial charge in [0.15, 0.2) is 11.4 Å². The van der Waals surface area contributed by atoms with Crippen LogP contribution in [0.2, 0.25) is 0 Å². The van der Waals surface area contributed by atoms with Crippen LogP contribution in [0, 0.1) is 26.7 Å². The molecule has 1 aliphatic heterocycles. The minimum Gasteiger partial charge on any atom is -0.491 e. The maximum Gasteiger partial charge on any atom is 0.276 e. The Morgan fingerprint density at radius 2 is 1.88 bits per heavy atom. The first-order chi connectivity index (χ1) is 16.5. The maximum atomic E-state index is 13.7. The van der Waals surface area contributed by atoms with Gasteiger partial charge < -0.3 is 14.0 Å². The van der Waals surface area contributed by atoms with Crippen molar-refractivity contribution < 1.29 is 9.53 Å². The van der Waals surface area contributed by atoms with Gasteiger partial charge in [-0.25, -0.2) is 9.97 Å². The van der Waals surface area contributed by atoms with E-state index in [0.717, 1.165) is 49.3 Å². The van der Waals surface area contributed by atoms with Gasteiger partial charge in [0.1, 0.15) is 5.65 Å². The zero-order valence-corrected chi connectivity index (χ0v) is 22.8. The monoisotopic (exact) mass is 574 g/mol. The number of imidazole rings is 1. The van der Waals surface area contributed by atoms with Crippen molar-refractivity contribution in [3.63, 3.8) is 0 Å². The summed E-state index contributed by atoms with van der Waals surface area (Å²) in [7, 11) is 0. The van der Waals surface area contributed by atoms with Gasteiger partial charge in [-0.2, -0.15) is 0 Å². The van der Waals surface area contributed by atoms with Crippen LogP contribution in [-0.2, 0) is 6.42 Å². The summed E-state index contributed by atoms with van der Waals surface area (Å²) in [5.74, 6) is 1.24. The second-order valence-corrected chi connectivity index (χ2v) is 9.49. The molecule has 0 spiro atoms. The van der Waals surface area contributed by atoms with E-state index in [9.17, 15) is 4.79 Å². The molecule has 34 heavy (non-hydrogen) atoms. The van der Waals surface area contributed by atoms with Crippen molar-refractivity contribution in [2.45, 2.75) is 65.3 Å². The molecule has 3 aromatic rings. The van der Waals surface area contributed by atoms with Crippen LogP contribution in [0.1, 0.15) is 65.1 Å². The van der Waals surface area contributed by atoms with Crippen LogP contribution in [0.4, 0.5) is 0 Å². The molecule has 3 aromatic heterocycles. The van der Waals surface area contributed by atoms with Crippen LogP contribution >= 0.6 is 22.6 Å². The second kappa shape index (κ2) is 11.1. The molecule has 6 nitrogen and oxygen atoms in total. The number of fused-ring (bicyclic) bond motifs is 1. The summed E-state index contributed by atoms with van der Waals surface area (Å²) in [5.41, 5.74) is 5.78. The molecule has 1 saturated carbocycles. The highest BCUT2D eigenvalue weighted by Crippen LogP contribution is 2.31. The summed E-state index contributed by atoms with van der Waals surface area (Å²) in [6.07, 6.45) is 10.5. The Labute approximate surface area is 216 Å². The predicted molar refractivity (Wildman–Crippen MR) is 144 cm³/mol. The molecular formula is C27H35IN4O2. The number of likely N-dealkylation sites (tertiary alicyclic amines) is 1. The number of nitrogens with zero attached hydrogens (tertiary/aromatic N) is 4. The molecule has 1 atom stereocenters. The highest BCUT2D eigenvalue weighted by molar-refractivity contribution is 14.1. The quantitative estimate of drug-likeness (QED) is 0.279. The number of hydrogen-bond donors (Lipinski definition) is 0. The van der Waals surface area contributed by atoms with E-state index in [0.29, 0.717) is 24.0 Å². The smallest absolute Gasteiger partial charge is 0.276 e. The number of pyridine rings is 2. The number of alkyl halides is 1. The van der Waals surface area contributed by atoms with Gasteiger partial charge in [0.2, 0.25) is 0 Å². The fourth-order valence-corrected chi connectivity index (χ4v) is 4.59. The molecular weight excluding hydrogens is 539 g/mol. The van der Waals surface area contributed by atoms with Crippen LogP contribution in [0.25, 0.3) is 5.65 Å². The Morgan fingerprint density at radius 1 is 1.09 bits per heavy atom. The van der Waals surface area contributed by atoms with Gasteiger partial charge >= 0.3 is 0 Å². The minimum absolute atomic E-state index is 0.0139. The Bertz CT molecular complexity index is 1150. The molecule has 1 aliphatic carbocycles. The van der Waals surface area contributed by atoms with Gasteiger partial charge in [0.05, 0.1) is 12.3 Å². The largest absolute Gasteiger partial charge is 0.491 e. The van der Waals surface area contributed by atoms with E-state index in [1.54, 1.807) is 0 Å². The van der Waals surface area contributed by atoms with E-state index in [2.05, 4.69) is 64.3 Å². The van der Waals surface area contributed by atoms with Gasteiger partial charge in [0, 0.05) is 37.1 Å². The lowest BCUT2D eigenvalue weighted by molar-refractivity contribution is 0.0601. The number of hydrogen-bond acceptors (Lipinski definition) is 4. The zero-order valence-electron chi connectivity index (χ0n) is 20.7. The molecule has 0 unspecified atom stereocenters. The summed E-state index contributed by atoms with van der Waals surface area (Å²) in [6.45, 7) is 7.59. The minimum atomic E-state index is -0.0139. The van der Waals surface area contributed by atoms with Gasteiger partial charge in [0.25, 0.3) is 5.91 Å². The lowest BCUT2D eigenvalue weighted by Crippen LogP contribution is -2.45. The van der Waals surface area contributed by atoms with E-state index in [1.807, 2.05) is 28.9 Å². The SMILES string of the molecule is CI.Cc1ccc(OCC2CC2)c(C(=O)N2CCCC[C@H]2Cc2cn3ccc(C)c(C)c3n2)n1. The molecule has 182 valence electrons. The number of rotatable bonds is 6. The summed E-state index contributed by atoms with van der Waals surface area (Å²) < 4.78 is 8.12. The average molecular weight is 575 g/mol. The molecule has 4 heterocycles. The lowest BCUT2D eigenvalue weighted by atomic mass is 9.97. The molecule has 0 bridgehead atoms. The third kappa shape index (κ3) is 5.56. The van der Waals surface area contributed by atoms with Crippen molar-refractivity contribution in [1.82, 2.24) is 19.3 Å². The van der Waals surface area contributed by atoms with Gasteiger partial charge in [-0.15, -0.1) is 0 Å². The number of halogens is 1. The Morgan fingerprint density at radius 3 is 2.65 bits per heavy atom. The Balaban J connectivity index is 0.00000133. The third-order valence-electron chi connectivity index (χ3n) is 6.90. The first-order valence-electron chi connectivity index (χ1n) is 12.2. The number of aryl methyl sites for hydroxylation is 3. The van der Waals surface area contributed by atoms with E-state index in [4.69, 9.17) is 9.72 Å². The van der Waals surface area contributed by atoms with Crippen molar-refractivity contribution in [2.75, 3.05) is 18.1 Å². The van der Waals surface area contributed by atoms with Crippen molar-refractivity contribution in [3.8, 4) is 5.75 Å². The fraction of sp³-hybridized carbons (Fsp3) is 0.519. The summed E-state index contributed by atoms with van der Waals surface area (Å²) in [5, 5.41) is 0. The van der Waals surface area contributed by atoms with Gasteiger partial charge in [-0.05, 0) is 93.0 Å². The van der Waals surface area contributed by atoms with E-state index < -0.39 is 0 Å². The molecule has 2 fully saturated rings. The number of ether oxygens (including phenoxy) is 1. The summed E-state index contributed by atoms with van der Waals surface area (Å²) in [6, 6.07) is 6.08. The maximum absolute atomic E-state index is 13.7. The standard InChI is InChI=1S/C26H32N4O2.CH3I/c1-17-11-13-29-15-21(28-25(29)19(17)3)14-22-6-4-5-12-30(22)26(31)24-23(10-7-18(2)27-24)32-16-20-8-9-20;1-2/h7,10-11,13,15,20,22H,4-6,8-9,12,14,16H2,1-3H3;1H3/t22-;/m0./s1. The van der Waals surface area contributed by atoms with Crippen molar-refractivity contribution in [1.29, 1.82) is 0 Å². The molecule has 2 aliphatic rings. The first-order valence-corrected chi connectivity index (χ1v) is 14.4. The number of carbonyl (C=O) groups excluding carboxylic acids is 1. The molecule has 1 saturated heterocycles. The number of aromatic nitrogens is 3. The lowest BCUT2D eigenvalue weighted by Gasteiger charge is -2.35. The van der Waals surface area contributed by atoms with E-state index >= 15 is 0 Å². The normalized spacial score (nSPS) is 17.9. The van der Waals surface area contributed by atoms with E-state index in [-0.39, 0.29) is 11.9 Å². The fourth-order valence-electron chi connectivity index (χ4n) is 4.59. The average Bonchev–Trinajstić information content (AvgIpc) is 3.60. The second-order valence-electron chi connectivity index (χ2n) is 9.49. The Hall–Kier alpha value is -2.16. The third-order valence-corrected chi connectivity index (χ3v) is 6.90. The van der Waals surface area contributed by atoms with E-state index in [1.165, 1.54) is 24.0 Å². The van der Waals surface area contributed by atoms with Crippen LogP contribution in [0.15, 0.2) is 30.6 Å². The highest BCUT2D eigenvalue weighted by Gasteiger charge is 2.31. The van der Waals surface area contributed by atoms with Gasteiger partial charge in [-0.3, -0.25) is 4.79 Å².